The molecule has 26 heavy (non-hydrogen) atoms. The average Bonchev–Trinajstić information content (AvgIpc) is 2.67. The van der Waals surface area contributed by atoms with Gasteiger partial charge in [-0.25, -0.2) is 13.8 Å². The molecule has 1 amide bonds. The quantitative estimate of drug-likeness (QED) is 0.707. The molecule has 0 aliphatic rings. The van der Waals surface area contributed by atoms with Gasteiger partial charge in [-0.05, 0) is 35.9 Å². The molecule has 0 bridgehead atoms. The zero-order chi connectivity index (χ0) is 18.4. The number of hydrogen-bond donors (Lipinski definition) is 2. The number of aromatic nitrogens is 1. The Kier molecular flexibility index (Phi) is 5.53. The Bertz CT molecular complexity index is 898. The third kappa shape index (κ3) is 4.63. The number of hydrogen-bond acceptors (Lipinski definition) is 3. The highest BCUT2D eigenvalue weighted by molar-refractivity contribution is 5.94. The maximum absolute atomic E-state index is 13.6. The molecule has 0 fully saturated rings. The summed E-state index contributed by atoms with van der Waals surface area (Å²) in [6, 6.07) is 15.6. The van der Waals surface area contributed by atoms with Gasteiger partial charge in [0.1, 0.15) is 17.5 Å². The first-order chi connectivity index (χ1) is 12.6. The standard InChI is InChI=1S/C20H17F2N3O/c21-17-7-5-14(6-8-17)12-25-20(26)15-9-10-23-19(11-15)24-13-16-3-1-2-4-18(16)22/h1-11H,12-13H2,(H,23,24)(H,25,26). The molecule has 3 aromatic rings. The van der Waals surface area contributed by atoms with Crippen LogP contribution in [0.1, 0.15) is 21.5 Å². The number of amides is 1. The van der Waals surface area contributed by atoms with Crippen molar-refractivity contribution >= 4 is 11.7 Å². The Morgan fingerprint density at radius 1 is 0.962 bits per heavy atom. The largest absolute Gasteiger partial charge is 0.366 e. The fraction of sp³-hybridized carbons (Fsp3) is 0.100. The first-order valence-electron chi connectivity index (χ1n) is 8.08. The highest BCUT2D eigenvalue weighted by atomic mass is 19.1. The van der Waals surface area contributed by atoms with Crippen LogP contribution in [0.15, 0.2) is 66.9 Å². The van der Waals surface area contributed by atoms with Crippen molar-refractivity contribution in [3.8, 4) is 0 Å². The molecule has 4 nitrogen and oxygen atoms in total. The SMILES string of the molecule is O=C(NCc1ccc(F)cc1)c1ccnc(NCc2ccccc2F)c1. The van der Waals surface area contributed by atoms with E-state index in [9.17, 15) is 13.6 Å². The number of benzene rings is 2. The van der Waals surface area contributed by atoms with Crippen LogP contribution in [0, 0.1) is 11.6 Å². The topological polar surface area (TPSA) is 54.0 Å². The smallest absolute Gasteiger partial charge is 0.251 e. The van der Waals surface area contributed by atoms with Crippen molar-refractivity contribution in [2.24, 2.45) is 0 Å². The number of halogens is 2. The summed E-state index contributed by atoms with van der Waals surface area (Å²) in [5.41, 5.74) is 1.74. The minimum Gasteiger partial charge on any atom is -0.366 e. The molecule has 0 atom stereocenters. The molecule has 2 N–H and O–H groups in total. The van der Waals surface area contributed by atoms with E-state index in [-0.39, 0.29) is 24.1 Å². The molecule has 2 aromatic carbocycles. The summed E-state index contributed by atoms with van der Waals surface area (Å²) in [6.45, 7) is 0.555. The van der Waals surface area contributed by atoms with Crippen molar-refractivity contribution in [3.05, 3.63) is 95.2 Å². The van der Waals surface area contributed by atoms with Crippen molar-refractivity contribution in [2.75, 3.05) is 5.32 Å². The van der Waals surface area contributed by atoms with Crippen LogP contribution in [0.5, 0.6) is 0 Å². The van der Waals surface area contributed by atoms with Crippen molar-refractivity contribution in [1.82, 2.24) is 10.3 Å². The van der Waals surface area contributed by atoms with E-state index < -0.39 is 0 Å². The summed E-state index contributed by atoms with van der Waals surface area (Å²) in [7, 11) is 0. The lowest BCUT2D eigenvalue weighted by Crippen LogP contribution is -2.23. The predicted molar refractivity (Wildman–Crippen MR) is 95.5 cm³/mol. The molecule has 6 heteroatoms. The van der Waals surface area contributed by atoms with Gasteiger partial charge in [0, 0.05) is 30.4 Å². The van der Waals surface area contributed by atoms with Gasteiger partial charge in [0.2, 0.25) is 0 Å². The van der Waals surface area contributed by atoms with Gasteiger partial charge < -0.3 is 10.6 Å². The zero-order valence-electron chi connectivity index (χ0n) is 13.9. The molecular weight excluding hydrogens is 336 g/mol. The van der Waals surface area contributed by atoms with Gasteiger partial charge in [-0.3, -0.25) is 4.79 Å². The van der Waals surface area contributed by atoms with Crippen LogP contribution in [0.25, 0.3) is 0 Å². The summed E-state index contributed by atoms with van der Waals surface area (Å²) in [5, 5.41) is 5.77. The highest BCUT2D eigenvalue weighted by Gasteiger charge is 2.08. The van der Waals surface area contributed by atoms with E-state index >= 15 is 0 Å². The first-order valence-corrected chi connectivity index (χ1v) is 8.08. The second kappa shape index (κ2) is 8.20. The first kappa shape index (κ1) is 17.5. The average molecular weight is 353 g/mol. The van der Waals surface area contributed by atoms with Gasteiger partial charge in [0.25, 0.3) is 5.91 Å². The third-order valence-electron chi connectivity index (χ3n) is 3.81. The fourth-order valence-corrected chi connectivity index (χ4v) is 2.38. The Balaban J connectivity index is 1.60. The molecule has 1 heterocycles. The highest BCUT2D eigenvalue weighted by Crippen LogP contribution is 2.12. The third-order valence-corrected chi connectivity index (χ3v) is 3.81. The molecule has 0 spiro atoms. The molecule has 0 unspecified atom stereocenters. The second-order valence-corrected chi connectivity index (χ2v) is 5.68. The minimum absolute atomic E-state index is 0.264. The molecule has 0 saturated carbocycles. The molecular formula is C20H17F2N3O. The minimum atomic E-state index is -0.320. The van der Waals surface area contributed by atoms with Crippen molar-refractivity contribution in [3.63, 3.8) is 0 Å². The van der Waals surface area contributed by atoms with E-state index in [1.54, 1.807) is 42.5 Å². The number of carbonyl (C=O) groups is 1. The molecule has 0 aliphatic heterocycles. The Labute approximate surface area is 149 Å². The molecule has 0 saturated heterocycles. The Morgan fingerprint density at radius 2 is 1.73 bits per heavy atom. The van der Waals surface area contributed by atoms with Crippen molar-refractivity contribution < 1.29 is 13.6 Å². The number of nitrogens with one attached hydrogen (secondary N) is 2. The summed E-state index contributed by atoms with van der Waals surface area (Å²) in [4.78, 5) is 16.4. The van der Waals surface area contributed by atoms with Gasteiger partial charge in [0.05, 0.1) is 0 Å². The predicted octanol–water partition coefficient (Wildman–Crippen LogP) is 3.90. The van der Waals surface area contributed by atoms with E-state index in [0.29, 0.717) is 23.5 Å². The monoisotopic (exact) mass is 353 g/mol. The number of anilines is 1. The molecule has 1 aromatic heterocycles. The zero-order valence-corrected chi connectivity index (χ0v) is 13.9. The fourth-order valence-electron chi connectivity index (χ4n) is 2.38. The lowest BCUT2D eigenvalue weighted by atomic mass is 10.2. The maximum Gasteiger partial charge on any atom is 0.251 e. The van der Waals surface area contributed by atoms with Crippen LogP contribution in [0.4, 0.5) is 14.6 Å². The normalized spacial score (nSPS) is 10.4. The van der Waals surface area contributed by atoms with Crippen LogP contribution in [-0.4, -0.2) is 10.9 Å². The van der Waals surface area contributed by atoms with Gasteiger partial charge in [0.15, 0.2) is 0 Å². The maximum atomic E-state index is 13.6. The summed E-state index contributed by atoms with van der Waals surface area (Å²) in [6.07, 6.45) is 1.51. The molecule has 0 aliphatic carbocycles. The lowest BCUT2D eigenvalue weighted by molar-refractivity contribution is 0.0951. The summed E-state index contributed by atoms with van der Waals surface area (Å²) < 4.78 is 26.5. The van der Waals surface area contributed by atoms with Gasteiger partial charge in [-0.15, -0.1) is 0 Å². The van der Waals surface area contributed by atoms with Gasteiger partial charge >= 0.3 is 0 Å². The lowest BCUT2D eigenvalue weighted by Gasteiger charge is -2.09. The van der Waals surface area contributed by atoms with Crippen molar-refractivity contribution in [1.29, 1.82) is 0 Å². The van der Waals surface area contributed by atoms with E-state index in [4.69, 9.17) is 0 Å². The Morgan fingerprint density at radius 3 is 2.50 bits per heavy atom. The van der Waals surface area contributed by atoms with Crippen LogP contribution < -0.4 is 10.6 Å². The van der Waals surface area contributed by atoms with Gasteiger partial charge in [-0.1, -0.05) is 30.3 Å². The van der Waals surface area contributed by atoms with Gasteiger partial charge in [-0.2, -0.15) is 0 Å². The van der Waals surface area contributed by atoms with E-state index in [2.05, 4.69) is 15.6 Å². The van der Waals surface area contributed by atoms with E-state index in [1.807, 2.05) is 0 Å². The van der Waals surface area contributed by atoms with E-state index in [0.717, 1.165) is 5.56 Å². The summed E-state index contributed by atoms with van der Waals surface area (Å²) in [5.74, 6) is -0.415. The van der Waals surface area contributed by atoms with E-state index in [1.165, 1.54) is 24.4 Å². The summed E-state index contributed by atoms with van der Waals surface area (Å²) >= 11 is 0. The van der Waals surface area contributed by atoms with Crippen LogP contribution in [0.3, 0.4) is 0 Å². The number of rotatable bonds is 6. The number of carbonyl (C=O) groups excluding carboxylic acids is 1. The number of nitrogens with zero attached hydrogens (tertiary/aromatic N) is 1. The number of pyridine rings is 1. The molecule has 3 rings (SSSR count). The van der Waals surface area contributed by atoms with Crippen LogP contribution in [-0.2, 0) is 13.1 Å². The second-order valence-electron chi connectivity index (χ2n) is 5.68. The molecule has 0 radical (unpaired) electrons. The van der Waals surface area contributed by atoms with Crippen molar-refractivity contribution in [2.45, 2.75) is 13.1 Å². The Hall–Kier alpha value is -3.28. The molecule has 132 valence electrons. The van der Waals surface area contributed by atoms with Crippen LogP contribution >= 0.6 is 0 Å². The van der Waals surface area contributed by atoms with Crippen LogP contribution in [0.2, 0.25) is 0 Å².